The van der Waals surface area contributed by atoms with Crippen LogP contribution in [0.1, 0.15) is 46.3 Å². The molecule has 0 radical (unpaired) electrons. The number of anilines is 2. The first kappa shape index (κ1) is 30.1. The second-order valence-electron chi connectivity index (χ2n) is 10.9. The van der Waals surface area contributed by atoms with Gasteiger partial charge in [0.1, 0.15) is 5.75 Å². The standard InChI is InChI=1S/C36H33ClN2O6/c1-42-26-15-11-21(12-16-26)23-17-28-33(30(40)18-23)34(24-19-31(43-2)35(45-4)32(20-24)44-3)39(29-8-6-5-7-27(29)38-28)36(41)22-9-13-25(37)14-10-22/h5-16,19-20,23,34,38H,17-18H2,1-4H3/t23-,34-/m0/s1. The van der Waals surface area contributed by atoms with Gasteiger partial charge in [-0.1, -0.05) is 35.9 Å². The van der Waals surface area contributed by atoms with E-state index in [0.29, 0.717) is 56.8 Å². The van der Waals surface area contributed by atoms with Crippen molar-refractivity contribution in [2.75, 3.05) is 38.7 Å². The highest BCUT2D eigenvalue weighted by Crippen LogP contribution is 2.50. The number of hydrogen-bond acceptors (Lipinski definition) is 7. The number of halogens is 1. The monoisotopic (exact) mass is 624 g/mol. The Morgan fingerprint density at radius 3 is 2.09 bits per heavy atom. The minimum absolute atomic E-state index is 0.0648. The summed E-state index contributed by atoms with van der Waals surface area (Å²) < 4.78 is 22.4. The highest BCUT2D eigenvalue weighted by atomic mass is 35.5. The second kappa shape index (κ2) is 12.6. The maximum atomic E-state index is 14.6. The van der Waals surface area contributed by atoms with Crippen LogP contribution in [-0.4, -0.2) is 40.1 Å². The maximum absolute atomic E-state index is 14.6. The number of methoxy groups -OCH3 is 4. The highest BCUT2D eigenvalue weighted by molar-refractivity contribution is 6.30. The Morgan fingerprint density at radius 1 is 0.800 bits per heavy atom. The number of rotatable bonds is 7. The van der Waals surface area contributed by atoms with Crippen LogP contribution in [0.2, 0.25) is 5.02 Å². The normalized spacial score (nSPS) is 17.4. The topological polar surface area (TPSA) is 86.3 Å². The van der Waals surface area contributed by atoms with Gasteiger partial charge in [-0.15, -0.1) is 0 Å². The van der Waals surface area contributed by atoms with Crippen LogP contribution in [-0.2, 0) is 4.79 Å². The van der Waals surface area contributed by atoms with Gasteiger partial charge in [0.2, 0.25) is 5.75 Å². The summed E-state index contributed by atoms with van der Waals surface area (Å²) in [5, 5.41) is 4.09. The summed E-state index contributed by atoms with van der Waals surface area (Å²) in [6.45, 7) is 0. The number of para-hydroxylation sites is 2. The third-order valence-electron chi connectivity index (χ3n) is 8.39. The number of ketones is 1. The molecule has 0 aromatic heterocycles. The predicted molar refractivity (Wildman–Crippen MR) is 174 cm³/mol. The molecule has 0 spiro atoms. The molecule has 230 valence electrons. The zero-order chi connectivity index (χ0) is 31.7. The zero-order valence-corrected chi connectivity index (χ0v) is 26.2. The lowest BCUT2D eigenvalue weighted by atomic mass is 9.78. The molecule has 45 heavy (non-hydrogen) atoms. The van der Waals surface area contributed by atoms with E-state index in [4.69, 9.17) is 30.5 Å². The predicted octanol–water partition coefficient (Wildman–Crippen LogP) is 7.59. The van der Waals surface area contributed by atoms with Crippen molar-refractivity contribution >= 4 is 34.7 Å². The largest absolute Gasteiger partial charge is 0.497 e. The van der Waals surface area contributed by atoms with Crippen LogP contribution in [0.4, 0.5) is 11.4 Å². The molecule has 0 saturated carbocycles. The Hall–Kier alpha value is -4.95. The molecule has 1 aliphatic heterocycles. The molecule has 4 aromatic carbocycles. The summed E-state index contributed by atoms with van der Waals surface area (Å²) in [5.74, 6) is 1.57. The van der Waals surface area contributed by atoms with E-state index < -0.39 is 6.04 Å². The fourth-order valence-electron chi connectivity index (χ4n) is 6.23. The smallest absolute Gasteiger partial charge is 0.259 e. The first-order valence-corrected chi connectivity index (χ1v) is 14.9. The van der Waals surface area contributed by atoms with Gasteiger partial charge in [-0.2, -0.15) is 0 Å². The number of nitrogens with one attached hydrogen (secondary N) is 1. The lowest BCUT2D eigenvalue weighted by Gasteiger charge is -2.35. The van der Waals surface area contributed by atoms with Crippen molar-refractivity contribution in [1.29, 1.82) is 0 Å². The molecular weight excluding hydrogens is 592 g/mol. The van der Waals surface area contributed by atoms with E-state index >= 15 is 0 Å². The van der Waals surface area contributed by atoms with Crippen LogP contribution in [0.5, 0.6) is 23.0 Å². The first-order chi connectivity index (χ1) is 21.9. The van der Waals surface area contributed by atoms with Gasteiger partial charge in [0, 0.05) is 28.3 Å². The molecular formula is C36H33ClN2O6. The number of Topliss-reactive ketones (excluding diaryl/α,β-unsaturated/α-hetero) is 1. The average molecular weight is 625 g/mol. The molecule has 0 fully saturated rings. The minimum Gasteiger partial charge on any atom is -0.497 e. The zero-order valence-electron chi connectivity index (χ0n) is 25.4. The van der Waals surface area contributed by atoms with E-state index in [1.165, 1.54) is 21.3 Å². The van der Waals surface area contributed by atoms with Gasteiger partial charge in [-0.25, -0.2) is 0 Å². The van der Waals surface area contributed by atoms with Gasteiger partial charge in [-0.05, 0) is 84.1 Å². The van der Waals surface area contributed by atoms with Crippen molar-refractivity contribution < 1.29 is 28.5 Å². The molecule has 1 aliphatic carbocycles. The molecule has 2 atom stereocenters. The average Bonchev–Trinajstić information content (AvgIpc) is 3.22. The molecule has 0 unspecified atom stereocenters. The number of ether oxygens (including phenoxy) is 4. The lowest BCUT2D eigenvalue weighted by molar-refractivity contribution is -0.116. The minimum atomic E-state index is -0.822. The summed E-state index contributed by atoms with van der Waals surface area (Å²) in [6, 6.07) is 24.9. The van der Waals surface area contributed by atoms with Gasteiger partial charge in [0.25, 0.3) is 5.91 Å². The number of carbonyl (C=O) groups is 2. The molecule has 0 saturated heterocycles. The van der Waals surface area contributed by atoms with Crippen LogP contribution < -0.4 is 29.2 Å². The van der Waals surface area contributed by atoms with E-state index in [1.807, 2.05) is 48.5 Å². The number of fused-ring (bicyclic) bond motifs is 1. The number of benzene rings is 4. The van der Waals surface area contributed by atoms with Crippen LogP contribution >= 0.6 is 11.6 Å². The Labute approximate surface area is 267 Å². The Kier molecular flexibility index (Phi) is 8.41. The molecule has 6 rings (SSSR count). The van der Waals surface area contributed by atoms with Gasteiger partial charge < -0.3 is 24.3 Å². The van der Waals surface area contributed by atoms with Crippen LogP contribution in [0.3, 0.4) is 0 Å². The number of allylic oxidation sites excluding steroid dienone is 1. The third-order valence-corrected chi connectivity index (χ3v) is 8.64. The Bertz CT molecular complexity index is 1760. The maximum Gasteiger partial charge on any atom is 0.259 e. The summed E-state index contributed by atoms with van der Waals surface area (Å²) >= 11 is 6.19. The fraction of sp³-hybridized carbons (Fsp3) is 0.222. The summed E-state index contributed by atoms with van der Waals surface area (Å²) in [5.41, 5.74) is 4.69. The highest BCUT2D eigenvalue weighted by Gasteiger charge is 2.42. The number of nitrogens with zero attached hydrogens (tertiary/aromatic N) is 1. The van der Waals surface area contributed by atoms with Crippen molar-refractivity contribution in [3.05, 3.63) is 118 Å². The first-order valence-electron chi connectivity index (χ1n) is 14.5. The summed E-state index contributed by atoms with van der Waals surface area (Å²) in [4.78, 5) is 30.7. The Morgan fingerprint density at radius 2 is 1.47 bits per heavy atom. The van der Waals surface area contributed by atoms with E-state index in [-0.39, 0.29) is 24.0 Å². The molecule has 0 bridgehead atoms. The van der Waals surface area contributed by atoms with Gasteiger partial charge in [0.05, 0.1) is 45.9 Å². The SMILES string of the molecule is COc1ccc([C@@H]2CC(=O)C3=C(C2)Nc2ccccc2N(C(=O)c2ccc(Cl)cc2)[C@H]3c2cc(OC)c(OC)c(OC)c2)cc1. The number of amides is 1. The van der Waals surface area contributed by atoms with E-state index in [2.05, 4.69) is 5.32 Å². The second-order valence-corrected chi connectivity index (χ2v) is 11.3. The van der Waals surface area contributed by atoms with E-state index in [9.17, 15) is 9.59 Å². The number of carbonyl (C=O) groups excluding carboxylic acids is 2. The fourth-order valence-corrected chi connectivity index (χ4v) is 6.36. The molecule has 8 nitrogen and oxygen atoms in total. The van der Waals surface area contributed by atoms with Gasteiger partial charge >= 0.3 is 0 Å². The lowest BCUT2D eigenvalue weighted by Crippen LogP contribution is -2.38. The quantitative estimate of drug-likeness (QED) is 0.227. The summed E-state index contributed by atoms with van der Waals surface area (Å²) in [6.07, 6.45) is 0.832. The number of hydrogen-bond donors (Lipinski definition) is 1. The Balaban J connectivity index is 1.59. The van der Waals surface area contributed by atoms with Gasteiger partial charge in [0.15, 0.2) is 17.3 Å². The molecule has 4 aromatic rings. The molecule has 1 N–H and O–H groups in total. The van der Waals surface area contributed by atoms with Crippen molar-refractivity contribution in [2.24, 2.45) is 0 Å². The third kappa shape index (κ3) is 5.58. The van der Waals surface area contributed by atoms with E-state index in [1.54, 1.807) is 48.4 Å². The van der Waals surface area contributed by atoms with Crippen LogP contribution in [0.15, 0.2) is 96.2 Å². The molecule has 2 aliphatic rings. The van der Waals surface area contributed by atoms with Crippen molar-refractivity contribution in [1.82, 2.24) is 0 Å². The molecule has 1 heterocycles. The summed E-state index contributed by atoms with van der Waals surface area (Å²) in [7, 11) is 6.24. The molecule has 1 amide bonds. The molecule has 9 heteroatoms. The van der Waals surface area contributed by atoms with Crippen LogP contribution in [0.25, 0.3) is 0 Å². The van der Waals surface area contributed by atoms with E-state index in [0.717, 1.165) is 17.0 Å². The van der Waals surface area contributed by atoms with Crippen LogP contribution in [0, 0.1) is 0 Å². The van der Waals surface area contributed by atoms with Crippen molar-refractivity contribution in [3.8, 4) is 23.0 Å². The van der Waals surface area contributed by atoms with Gasteiger partial charge in [-0.3, -0.25) is 14.5 Å². The van der Waals surface area contributed by atoms with Crippen molar-refractivity contribution in [2.45, 2.75) is 24.8 Å². The van der Waals surface area contributed by atoms with Crippen molar-refractivity contribution in [3.63, 3.8) is 0 Å².